The third kappa shape index (κ3) is 6.27. The molecule has 0 aliphatic carbocycles. The van der Waals surface area contributed by atoms with Crippen molar-refractivity contribution in [2.75, 3.05) is 19.0 Å². The summed E-state index contributed by atoms with van der Waals surface area (Å²) >= 11 is 0. The Bertz CT molecular complexity index is 1290. The molecule has 192 valence electrons. The average Bonchev–Trinajstić information content (AvgIpc) is 3.26. The molecule has 0 saturated heterocycles. The lowest BCUT2D eigenvalue weighted by atomic mass is 9.97. The lowest BCUT2D eigenvalue weighted by Gasteiger charge is -2.19. The van der Waals surface area contributed by atoms with E-state index in [9.17, 15) is 18.0 Å². The highest BCUT2D eigenvalue weighted by Crippen LogP contribution is 2.38. The number of nitrogens with zero attached hydrogens (tertiary/aromatic N) is 2. The molecule has 9 heteroatoms. The van der Waals surface area contributed by atoms with Gasteiger partial charge in [0.2, 0.25) is 0 Å². The molecule has 0 spiro atoms. The standard InChI is InChI=1S/C27H31F3N4O2/c1-16-8-9-19(11-23(16)34-14-20(13-32-34)25(35)31-15-26(4,5)6)18(3)33-22-12-21(27(28,29)30)10-17(2)24(22)36-7/h8-14,33H,3,15H2,1-2,4-7H3,(H,31,35). The number of ether oxygens (including phenoxy) is 1. The molecule has 1 heterocycles. The number of nitrogens with one attached hydrogen (secondary N) is 2. The zero-order chi connectivity index (χ0) is 26.8. The quantitative estimate of drug-likeness (QED) is 0.395. The monoisotopic (exact) mass is 500 g/mol. The molecule has 0 fully saturated rings. The van der Waals surface area contributed by atoms with Crippen molar-refractivity contribution in [1.29, 1.82) is 0 Å². The summed E-state index contributed by atoms with van der Waals surface area (Å²) in [6, 6.07) is 7.52. The molecule has 0 saturated carbocycles. The second kappa shape index (κ2) is 10.1. The first kappa shape index (κ1) is 26.8. The first-order chi connectivity index (χ1) is 16.7. The zero-order valence-electron chi connectivity index (χ0n) is 21.3. The summed E-state index contributed by atoms with van der Waals surface area (Å²) in [5.41, 5.74) is 2.71. The number of carbonyl (C=O) groups is 1. The Kier molecular flexibility index (Phi) is 7.52. The van der Waals surface area contributed by atoms with Crippen molar-refractivity contribution in [2.45, 2.75) is 40.8 Å². The minimum absolute atomic E-state index is 0.0508. The van der Waals surface area contributed by atoms with Gasteiger partial charge in [-0.3, -0.25) is 4.79 Å². The van der Waals surface area contributed by atoms with Crippen LogP contribution in [0.3, 0.4) is 0 Å². The van der Waals surface area contributed by atoms with Crippen molar-refractivity contribution < 1.29 is 22.7 Å². The summed E-state index contributed by atoms with van der Waals surface area (Å²) in [6.07, 6.45) is -1.37. The summed E-state index contributed by atoms with van der Waals surface area (Å²) in [5, 5.41) is 10.2. The normalized spacial score (nSPS) is 11.8. The molecule has 6 nitrogen and oxygen atoms in total. The van der Waals surface area contributed by atoms with Crippen molar-refractivity contribution in [3.05, 3.63) is 77.1 Å². The van der Waals surface area contributed by atoms with Crippen LogP contribution < -0.4 is 15.4 Å². The van der Waals surface area contributed by atoms with Gasteiger partial charge in [0.25, 0.3) is 5.91 Å². The third-order valence-electron chi connectivity index (χ3n) is 5.52. The zero-order valence-corrected chi connectivity index (χ0v) is 21.3. The first-order valence-corrected chi connectivity index (χ1v) is 11.4. The molecule has 36 heavy (non-hydrogen) atoms. The van der Waals surface area contributed by atoms with E-state index in [1.165, 1.54) is 13.3 Å². The summed E-state index contributed by atoms with van der Waals surface area (Å²) in [5.74, 6) is 0.0811. The number of amides is 1. The molecular formula is C27H31F3N4O2. The highest BCUT2D eigenvalue weighted by atomic mass is 19.4. The van der Waals surface area contributed by atoms with Gasteiger partial charge in [0.05, 0.1) is 35.8 Å². The number of anilines is 1. The summed E-state index contributed by atoms with van der Waals surface area (Å²) in [7, 11) is 1.40. The van der Waals surface area contributed by atoms with E-state index in [0.717, 1.165) is 17.7 Å². The van der Waals surface area contributed by atoms with E-state index >= 15 is 0 Å². The van der Waals surface area contributed by atoms with Crippen LogP contribution in [0.1, 0.15) is 53.4 Å². The van der Waals surface area contributed by atoms with E-state index < -0.39 is 11.7 Å². The smallest absolute Gasteiger partial charge is 0.416 e. The number of aromatic nitrogens is 2. The van der Waals surface area contributed by atoms with Crippen LogP contribution >= 0.6 is 0 Å². The SMILES string of the molecule is C=C(Nc1cc(C(F)(F)F)cc(C)c1OC)c1ccc(C)c(-n2cc(C(=O)NCC(C)(C)C)cn2)c1. The summed E-state index contributed by atoms with van der Waals surface area (Å²) < 4.78 is 47.0. The second-order valence-corrected chi connectivity index (χ2v) is 9.89. The van der Waals surface area contributed by atoms with Gasteiger partial charge in [0.1, 0.15) is 5.75 Å². The van der Waals surface area contributed by atoms with Crippen molar-refractivity contribution >= 4 is 17.3 Å². The predicted octanol–water partition coefficient (Wildman–Crippen LogP) is 6.38. The number of alkyl halides is 3. The number of carbonyl (C=O) groups excluding carboxylic acids is 1. The number of halogens is 3. The molecule has 2 aromatic carbocycles. The highest BCUT2D eigenvalue weighted by Gasteiger charge is 2.32. The lowest BCUT2D eigenvalue weighted by molar-refractivity contribution is -0.137. The van der Waals surface area contributed by atoms with Crippen LogP contribution in [-0.2, 0) is 6.18 Å². The molecule has 0 aliphatic heterocycles. The van der Waals surface area contributed by atoms with Crippen LogP contribution in [0.2, 0.25) is 0 Å². The highest BCUT2D eigenvalue weighted by molar-refractivity contribution is 5.93. The van der Waals surface area contributed by atoms with E-state index in [0.29, 0.717) is 40.4 Å². The molecule has 0 bridgehead atoms. The largest absolute Gasteiger partial charge is 0.494 e. The summed E-state index contributed by atoms with van der Waals surface area (Å²) in [6.45, 7) is 14.1. The Balaban J connectivity index is 1.88. The fourth-order valence-electron chi connectivity index (χ4n) is 3.60. The van der Waals surface area contributed by atoms with Crippen LogP contribution in [0, 0.1) is 19.3 Å². The molecular weight excluding hydrogens is 469 g/mol. The van der Waals surface area contributed by atoms with Gasteiger partial charge >= 0.3 is 6.18 Å². The number of hydrogen-bond donors (Lipinski definition) is 2. The van der Waals surface area contributed by atoms with Crippen LogP contribution in [-0.4, -0.2) is 29.3 Å². The van der Waals surface area contributed by atoms with Gasteiger partial charge in [-0.2, -0.15) is 18.3 Å². The van der Waals surface area contributed by atoms with E-state index in [1.54, 1.807) is 23.9 Å². The fourth-order valence-corrected chi connectivity index (χ4v) is 3.60. The van der Waals surface area contributed by atoms with Crippen molar-refractivity contribution in [3.63, 3.8) is 0 Å². The topological polar surface area (TPSA) is 68.2 Å². The Morgan fingerprint density at radius 1 is 1.08 bits per heavy atom. The van der Waals surface area contributed by atoms with E-state index in [-0.39, 0.29) is 17.0 Å². The van der Waals surface area contributed by atoms with E-state index in [4.69, 9.17) is 4.74 Å². The Hall–Kier alpha value is -3.75. The maximum Gasteiger partial charge on any atom is 0.416 e. The van der Waals surface area contributed by atoms with Crippen LogP contribution in [0.5, 0.6) is 5.75 Å². The van der Waals surface area contributed by atoms with Gasteiger partial charge < -0.3 is 15.4 Å². The Morgan fingerprint density at radius 2 is 1.78 bits per heavy atom. The lowest BCUT2D eigenvalue weighted by Crippen LogP contribution is -2.32. The molecule has 2 N–H and O–H groups in total. The first-order valence-electron chi connectivity index (χ1n) is 11.4. The second-order valence-electron chi connectivity index (χ2n) is 9.89. The molecule has 3 aromatic rings. The van der Waals surface area contributed by atoms with Crippen LogP contribution in [0.4, 0.5) is 18.9 Å². The molecule has 0 aliphatic rings. The molecule has 3 rings (SSSR count). The van der Waals surface area contributed by atoms with Gasteiger partial charge in [-0.25, -0.2) is 4.68 Å². The number of rotatable bonds is 7. The van der Waals surface area contributed by atoms with Crippen LogP contribution in [0.25, 0.3) is 11.4 Å². The molecule has 0 atom stereocenters. The van der Waals surface area contributed by atoms with Gasteiger partial charge in [-0.15, -0.1) is 0 Å². The predicted molar refractivity (Wildman–Crippen MR) is 135 cm³/mol. The molecule has 1 aromatic heterocycles. The molecule has 1 amide bonds. The average molecular weight is 501 g/mol. The van der Waals surface area contributed by atoms with Crippen molar-refractivity contribution in [1.82, 2.24) is 15.1 Å². The van der Waals surface area contributed by atoms with Crippen molar-refractivity contribution in [2.24, 2.45) is 5.41 Å². The van der Waals surface area contributed by atoms with E-state index in [1.807, 2.05) is 39.8 Å². The number of methoxy groups -OCH3 is 1. The van der Waals surface area contributed by atoms with Crippen molar-refractivity contribution in [3.8, 4) is 11.4 Å². The van der Waals surface area contributed by atoms with Gasteiger partial charge in [0, 0.05) is 18.4 Å². The number of hydrogen-bond acceptors (Lipinski definition) is 4. The number of benzene rings is 2. The maximum absolute atomic E-state index is 13.4. The minimum atomic E-state index is -4.50. The maximum atomic E-state index is 13.4. The van der Waals surface area contributed by atoms with Gasteiger partial charge in [-0.1, -0.05) is 39.5 Å². The Morgan fingerprint density at radius 3 is 2.39 bits per heavy atom. The van der Waals surface area contributed by atoms with Crippen LogP contribution in [0.15, 0.2) is 49.3 Å². The fraction of sp³-hybridized carbons (Fsp3) is 0.333. The van der Waals surface area contributed by atoms with Gasteiger partial charge in [0.15, 0.2) is 0 Å². The van der Waals surface area contributed by atoms with Gasteiger partial charge in [-0.05, 0) is 54.2 Å². The number of aryl methyl sites for hydroxylation is 2. The molecule has 0 unspecified atom stereocenters. The third-order valence-corrected chi connectivity index (χ3v) is 5.52. The minimum Gasteiger partial charge on any atom is -0.494 e. The molecule has 0 radical (unpaired) electrons. The van der Waals surface area contributed by atoms with E-state index in [2.05, 4.69) is 22.3 Å². The summed E-state index contributed by atoms with van der Waals surface area (Å²) in [4.78, 5) is 12.5. The Labute approximate surface area is 209 Å².